The van der Waals surface area contributed by atoms with Crippen molar-refractivity contribution in [1.82, 2.24) is 10.6 Å². The molecule has 1 saturated carbocycles. The first-order valence-electron chi connectivity index (χ1n) is 7.39. The van der Waals surface area contributed by atoms with Crippen molar-refractivity contribution in [2.75, 3.05) is 6.54 Å². The molecule has 2 N–H and O–H groups in total. The molecule has 1 heterocycles. The molecule has 2 unspecified atom stereocenters. The number of hydrogen-bond donors (Lipinski definition) is 2. The fraction of sp³-hybridized carbons (Fsp3) is 0.625. The Labute approximate surface area is 110 Å². The molecule has 3 rings (SSSR count). The quantitative estimate of drug-likeness (QED) is 0.854. The van der Waals surface area contributed by atoms with Gasteiger partial charge in [0.1, 0.15) is 0 Å². The monoisotopic (exact) mass is 244 g/mol. The van der Waals surface area contributed by atoms with Gasteiger partial charge in [-0.1, -0.05) is 30.7 Å². The van der Waals surface area contributed by atoms with Gasteiger partial charge in [0, 0.05) is 18.6 Å². The first-order chi connectivity index (χ1) is 8.84. The molecule has 2 atom stereocenters. The number of nitrogens with one attached hydrogen (secondary N) is 2. The molecule has 98 valence electrons. The molecule has 2 heteroatoms. The molecular weight excluding hydrogens is 220 g/mol. The van der Waals surface area contributed by atoms with Crippen molar-refractivity contribution in [3.05, 3.63) is 35.4 Å². The second-order valence-electron chi connectivity index (χ2n) is 5.86. The van der Waals surface area contributed by atoms with E-state index in [9.17, 15) is 0 Å². The van der Waals surface area contributed by atoms with Crippen LogP contribution in [0.4, 0.5) is 0 Å². The zero-order chi connectivity index (χ0) is 12.4. The Morgan fingerprint density at radius 2 is 2.06 bits per heavy atom. The Morgan fingerprint density at radius 1 is 1.22 bits per heavy atom. The van der Waals surface area contributed by atoms with Crippen molar-refractivity contribution in [3.63, 3.8) is 0 Å². The summed E-state index contributed by atoms with van der Waals surface area (Å²) >= 11 is 0. The number of hydrogen-bond acceptors (Lipinski definition) is 2. The topological polar surface area (TPSA) is 24.1 Å². The van der Waals surface area contributed by atoms with Crippen LogP contribution in [0.25, 0.3) is 0 Å². The molecule has 0 saturated heterocycles. The van der Waals surface area contributed by atoms with E-state index in [2.05, 4.69) is 41.8 Å². The molecule has 2 aliphatic rings. The van der Waals surface area contributed by atoms with Gasteiger partial charge in [0.05, 0.1) is 0 Å². The fourth-order valence-electron chi connectivity index (χ4n) is 3.23. The van der Waals surface area contributed by atoms with Crippen LogP contribution in [0, 0.1) is 5.92 Å². The summed E-state index contributed by atoms with van der Waals surface area (Å²) in [7, 11) is 0. The highest BCUT2D eigenvalue weighted by Crippen LogP contribution is 2.32. The number of benzene rings is 1. The third-order valence-electron chi connectivity index (χ3n) is 4.68. The highest BCUT2D eigenvalue weighted by Gasteiger charge is 2.27. The van der Waals surface area contributed by atoms with E-state index >= 15 is 0 Å². The molecule has 0 spiro atoms. The van der Waals surface area contributed by atoms with E-state index in [0.29, 0.717) is 12.1 Å². The molecule has 1 aromatic carbocycles. The lowest BCUT2D eigenvalue weighted by atomic mass is 9.80. The Bertz CT molecular complexity index is 398. The Hall–Kier alpha value is -0.860. The van der Waals surface area contributed by atoms with E-state index in [0.717, 1.165) is 19.0 Å². The lowest BCUT2D eigenvalue weighted by Gasteiger charge is -2.35. The molecule has 1 aromatic rings. The maximum absolute atomic E-state index is 3.88. The van der Waals surface area contributed by atoms with Crippen molar-refractivity contribution in [2.45, 2.75) is 51.2 Å². The van der Waals surface area contributed by atoms with Crippen molar-refractivity contribution in [1.29, 1.82) is 0 Å². The van der Waals surface area contributed by atoms with Gasteiger partial charge in [-0.15, -0.1) is 0 Å². The summed E-state index contributed by atoms with van der Waals surface area (Å²) < 4.78 is 0. The molecular formula is C16H24N2. The summed E-state index contributed by atoms with van der Waals surface area (Å²) in [6, 6.07) is 10.1. The predicted molar refractivity (Wildman–Crippen MR) is 75.4 cm³/mol. The summed E-state index contributed by atoms with van der Waals surface area (Å²) in [4.78, 5) is 0. The highest BCUT2D eigenvalue weighted by molar-refractivity contribution is 5.31. The lowest BCUT2D eigenvalue weighted by Crippen LogP contribution is -2.39. The van der Waals surface area contributed by atoms with Gasteiger partial charge < -0.3 is 10.6 Å². The maximum atomic E-state index is 3.88. The van der Waals surface area contributed by atoms with E-state index in [1.165, 1.54) is 36.8 Å². The summed E-state index contributed by atoms with van der Waals surface area (Å²) in [6.07, 6.45) is 5.47. The van der Waals surface area contributed by atoms with Gasteiger partial charge >= 0.3 is 0 Å². The van der Waals surface area contributed by atoms with Crippen molar-refractivity contribution < 1.29 is 0 Å². The van der Waals surface area contributed by atoms with E-state index in [-0.39, 0.29) is 0 Å². The van der Waals surface area contributed by atoms with Gasteiger partial charge in [-0.05, 0) is 49.8 Å². The zero-order valence-corrected chi connectivity index (χ0v) is 11.3. The smallest absolute Gasteiger partial charge is 0.0337 e. The highest BCUT2D eigenvalue weighted by atomic mass is 15.0. The summed E-state index contributed by atoms with van der Waals surface area (Å²) in [6.45, 7) is 4.50. The van der Waals surface area contributed by atoms with Gasteiger partial charge in [-0.3, -0.25) is 0 Å². The minimum atomic E-state index is 0.534. The van der Waals surface area contributed by atoms with Gasteiger partial charge in [0.15, 0.2) is 0 Å². The third-order valence-corrected chi connectivity index (χ3v) is 4.68. The van der Waals surface area contributed by atoms with Crippen molar-refractivity contribution >= 4 is 0 Å². The van der Waals surface area contributed by atoms with Gasteiger partial charge in [0.2, 0.25) is 0 Å². The molecule has 1 aliphatic carbocycles. The van der Waals surface area contributed by atoms with Crippen LogP contribution >= 0.6 is 0 Å². The van der Waals surface area contributed by atoms with E-state index in [4.69, 9.17) is 0 Å². The van der Waals surface area contributed by atoms with Crippen LogP contribution in [0.5, 0.6) is 0 Å². The second-order valence-corrected chi connectivity index (χ2v) is 5.86. The summed E-state index contributed by atoms with van der Waals surface area (Å²) in [5.74, 6) is 0.911. The molecule has 18 heavy (non-hydrogen) atoms. The van der Waals surface area contributed by atoms with Gasteiger partial charge in [-0.25, -0.2) is 0 Å². The molecule has 0 radical (unpaired) electrons. The molecule has 2 nitrogen and oxygen atoms in total. The Kier molecular flexibility index (Phi) is 3.67. The molecule has 1 fully saturated rings. The van der Waals surface area contributed by atoms with Crippen LogP contribution in [0.3, 0.4) is 0 Å². The number of rotatable bonds is 3. The van der Waals surface area contributed by atoms with E-state index in [1.54, 1.807) is 0 Å². The number of fused-ring (bicyclic) bond motifs is 1. The van der Waals surface area contributed by atoms with Crippen LogP contribution in [0.2, 0.25) is 0 Å². The van der Waals surface area contributed by atoms with Crippen LogP contribution in [-0.4, -0.2) is 12.6 Å². The normalized spacial score (nSPS) is 25.9. The first kappa shape index (κ1) is 12.2. The van der Waals surface area contributed by atoms with Crippen LogP contribution in [0.1, 0.15) is 49.8 Å². The van der Waals surface area contributed by atoms with Crippen LogP contribution in [-0.2, 0) is 6.54 Å². The SMILES string of the molecule is CC(NC1CCNCc2ccccc21)C1CCC1. The molecule has 0 amide bonds. The Balaban J connectivity index is 1.74. The van der Waals surface area contributed by atoms with Crippen LogP contribution < -0.4 is 10.6 Å². The molecule has 0 aromatic heterocycles. The largest absolute Gasteiger partial charge is 0.313 e. The average Bonchev–Trinajstić information content (AvgIpc) is 2.50. The second kappa shape index (κ2) is 5.41. The van der Waals surface area contributed by atoms with E-state index < -0.39 is 0 Å². The maximum Gasteiger partial charge on any atom is 0.0337 e. The predicted octanol–water partition coefficient (Wildman–Crippen LogP) is 3.00. The zero-order valence-electron chi connectivity index (χ0n) is 11.3. The van der Waals surface area contributed by atoms with Crippen molar-refractivity contribution in [2.24, 2.45) is 5.92 Å². The molecule has 0 bridgehead atoms. The standard InChI is InChI=1S/C16H24N2/c1-12(13-6-4-7-13)18-16-9-10-17-11-14-5-2-3-8-15(14)16/h2-3,5,8,12-13,16-18H,4,6-7,9-11H2,1H3. The Morgan fingerprint density at radius 3 is 2.83 bits per heavy atom. The average molecular weight is 244 g/mol. The first-order valence-corrected chi connectivity index (χ1v) is 7.39. The van der Waals surface area contributed by atoms with E-state index in [1.807, 2.05) is 0 Å². The fourth-order valence-corrected chi connectivity index (χ4v) is 3.23. The van der Waals surface area contributed by atoms with Crippen LogP contribution in [0.15, 0.2) is 24.3 Å². The summed E-state index contributed by atoms with van der Waals surface area (Å²) in [5, 5.41) is 7.40. The molecule has 1 aliphatic heterocycles. The third kappa shape index (κ3) is 2.45. The van der Waals surface area contributed by atoms with Crippen molar-refractivity contribution in [3.8, 4) is 0 Å². The summed E-state index contributed by atoms with van der Waals surface area (Å²) in [5.41, 5.74) is 2.97. The minimum Gasteiger partial charge on any atom is -0.313 e. The van der Waals surface area contributed by atoms with Gasteiger partial charge in [-0.2, -0.15) is 0 Å². The van der Waals surface area contributed by atoms with Gasteiger partial charge in [0.25, 0.3) is 0 Å². The minimum absolute atomic E-state index is 0.534. The lowest BCUT2D eigenvalue weighted by molar-refractivity contribution is 0.224.